The largest absolute Gasteiger partial charge is 0.371 e. The van der Waals surface area contributed by atoms with E-state index in [1.54, 1.807) is 6.07 Å². The normalized spacial score (nSPS) is 18.1. The van der Waals surface area contributed by atoms with Gasteiger partial charge >= 0.3 is 0 Å². The minimum Gasteiger partial charge on any atom is -0.371 e. The van der Waals surface area contributed by atoms with E-state index in [-0.39, 0.29) is 5.56 Å². The molecule has 7 heteroatoms. The van der Waals surface area contributed by atoms with Crippen molar-refractivity contribution in [2.45, 2.75) is 44.6 Å². The fourth-order valence-corrected chi connectivity index (χ4v) is 5.60. The summed E-state index contributed by atoms with van der Waals surface area (Å²) < 4.78 is 4.35. The first-order valence-electron chi connectivity index (χ1n) is 11.0. The smallest absolute Gasteiger partial charge is 0.283 e. The average molecular weight is 435 g/mol. The van der Waals surface area contributed by atoms with Gasteiger partial charge in [-0.3, -0.25) is 14.0 Å². The Labute approximate surface area is 184 Å². The molecule has 3 heterocycles. The zero-order valence-corrected chi connectivity index (χ0v) is 17.9. The molecular weight excluding hydrogens is 412 g/mol. The van der Waals surface area contributed by atoms with Gasteiger partial charge in [-0.05, 0) is 43.2 Å². The molecule has 2 aromatic heterocycles. The third kappa shape index (κ3) is 2.88. The molecule has 158 valence electrons. The maximum Gasteiger partial charge on any atom is 0.283 e. The lowest BCUT2D eigenvalue weighted by atomic mass is 10.1. The van der Waals surface area contributed by atoms with Crippen molar-refractivity contribution in [3.8, 4) is 0 Å². The van der Waals surface area contributed by atoms with Crippen LogP contribution in [0, 0.1) is 0 Å². The fourth-order valence-electron chi connectivity index (χ4n) is 5.35. The van der Waals surface area contributed by atoms with Gasteiger partial charge in [-0.2, -0.15) is 4.98 Å². The number of rotatable bonds is 2. The molecule has 1 aliphatic carbocycles. The molecule has 0 unspecified atom stereocenters. The lowest BCUT2D eigenvalue weighted by Gasteiger charge is -2.28. The second kappa shape index (κ2) is 7.09. The number of imidazole rings is 1. The monoisotopic (exact) mass is 434 g/mol. The van der Waals surface area contributed by atoms with E-state index in [2.05, 4.69) is 37.1 Å². The predicted octanol–water partition coefficient (Wildman–Crippen LogP) is 4.74. The van der Waals surface area contributed by atoms with Crippen LogP contribution in [0.25, 0.3) is 27.7 Å². The molecular formula is C24H23ClN4O2. The average Bonchev–Trinajstić information content (AvgIpc) is 3.39. The van der Waals surface area contributed by atoms with Crippen molar-refractivity contribution < 1.29 is 4.79 Å². The third-order valence-corrected chi connectivity index (χ3v) is 7.21. The molecule has 0 atom stereocenters. The summed E-state index contributed by atoms with van der Waals surface area (Å²) in [5.41, 5.74) is 3.74. The van der Waals surface area contributed by atoms with Gasteiger partial charge < -0.3 is 9.47 Å². The molecule has 0 spiro atoms. The van der Waals surface area contributed by atoms with Gasteiger partial charge in [0.15, 0.2) is 0 Å². The standard InChI is InChI=1S/C24H23ClN4O2/c25-18-6-3-7-20-22(18)23(31)26-24-28(15-4-1-2-5-15)21-14-16(8-9-19(21)29(20)24)27-12-10-17(30)11-13-27/h3,6-9,14-15H,1-2,4-5,10-13H2. The minimum atomic E-state index is -0.280. The van der Waals surface area contributed by atoms with Crippen molar-refractivity contribution >= 4 is 50.8 Å². The number of hydrogen-bond acceptors (Lipinski definition) is 4. The number of carbonyl (C=O) groups excluding carboxylic acids is 1. The van der Waals surface area contributed by atoms with E-state index in [1.165, 1.54) is 12.8 Å². The summed E-state index contributed by atoms with van der Waals surface area (Å²) in [7, 11) is 0. The SMILES string of the molecule is O=C1CCN(c2ccc3c(c2)n(C2CCCC2)c2nc(=O)c4c(Cl)cccc4n32)CC1. The molecule has 2 fully saturated rings. The summed E-state index contributed by atoms with van der Waals surface area (Å²) >= 11 is 6.39. The van der Waals surface area contributed by atoms with E-state index in [0.29, 0.717) is 40.9 Å². The number of carbonyl (C=O) groups is 1. The van der Waals surface area contributed by atoms with E-state index in [0.717, 1.165) is 48.2 Å². The zero-order valence-electron chi connectivity index (χ0n) is 17.2. The van der Waals surface area contributed by atoms with Gasteiger partial charge in [0.05, 0.1) is 27.0 Å². The number of Topliss-reactive ketones (excluding diaryl/α,β-unsaturated/α-hetero) is 1. The summed E-state index contributed by atoms with van der Waals surface area (Å²) in [4.78, 5) is 31.4. The first-order valence-corrected chi connectivity index (χ1v) is 11.4. The topological polar surface area (TPSA) is 59.6 Å². The maximum atomic E-state index is 12.9. The quantitative estimate of drug-likeness (QED) is 0.457. The number of aromatic nitrogens is 3. The first-order chi connectivity index (χ1) is 15.1. The van der Waals surface area contributed by atoms with Gasteiger partial charge in [0.1, 0.15) is 5.78 Å². The van der Waals surface area contributed by atoms with Crippen LogP contribution in [0.4, 0.5) is 5.69 Å². The van der Waals surface area contributed by atoms with Crippen LogP contribution in [0.5, 0.6) is 0 Å². The Bertz CT molecular complexity index is 1400. The second-order valence-electron chi connectivity index (χ2n) is 8.69. The van der Waals surface area contributed by atoms with E-state index in [1.807, 2.05) is 12.1 Å². The van der Waals surface area contributed by atoms with Crippen molar-refractivity contribution in [3.05, 3.63) is 51.8 Å². The van der Waals surface area contributed by atoms with Crippen LogP contribution in [-0.2, 0) is 4.79 Å². The van der Waals surface area contributed by atoms with Crippen molar-refractivity contribution in [1.82, 2.24) is 14.0 Å². The Kier molecular flexibility index (Phi) is 4.32. The fraction of sp³-hybridized carbons (Fsp3) is 0.375. The lowest BCUT2D eigenvalue weighted by molar-refractivity contribution is -0.119. The number of ketones is 1. The summed E-state index contributed by atoms with van der Waals surface area (Å²) in [6, 6.07) is 12.3. The Morgan fingerprint density at radius 3 is 2.48 bits per heavy atom. The molecule has 6 nitrogen and oxygen atoms in total. The highest BCUT2D eigenvalue weighted by Gasteiger charge is 2.25. The van der Waals surface area contributed by atoms with Gasteiger partial charge in [0.25, 0.3) is 5.56 Å². The zero-order chi connectivity index (χ0) is 21.1. The number of fused-ring (bicyclic) bond motifs is 5. The predicted molar refractivity (Wildman–Crippen MR) is 123 cm³/mol. The van der Waals surface area contributed by atoms with Crippen LogP contribution in [-0.4, -0.2) is 32.8 Å². The van der Waals surface area contributed by atoms with E-state index >= 15 is 0 Å². The maximum absolute atomic E-state index is 12.9. The van der Waals surface area contributed by atoms with Crippen LogP contribution < -0.4 is 10.5 Å². The number of benzene rings is 2. The molecule has 0 N–H and O–H groups in total. The van der Waals surface area contributed by atoms with Gasteiger partial charge in [-0.1, -0.05) is 30.5 Å². The van der Waals surface area contributed by atoms with Gasteiger partial charge in [0.2, 0.25) is 5.78 Å². The van der Waals surface area contributed by atoms with Crippen LogP contribution in [0.15, 0.2) is 41.2 Å². The van der Waals surface area contributed by atoms with E-state index < -0.39 is 0 Å². The summed E-state index contributed by atoms with van der Waals surface area (Å²) in [5, 5.41) is 0.895. The molecule has 0 radical (unpaired) electrons. The van der Waals surface area contributed by atoms with Crippen LogP contribution in [0.2, 0.25) is 5.02 Å². The molecule has 2 aliphatic rings. The number of piperidine rings is 1. The molecule has 6 rings (SSSR count). The molecule has 31 heavy (non-hydrogen) atoms. The first kappa shape index (κ1) is 18.9. The number of anilines is 1. The Morgan fingerprint density at radius 2 is 1.71 bits per heavy atom. The van der Waals surface area contributed by atoms with Crippen LogP contribution in [0.1, 0.15) is 44.6 Å². The van der Waals surface area contributed by atoms with Crippen LogP contribution in [0.3, 0.4) is 0 Å². The van der Waals surface area contributed by atoms with Gasteiger partial charge in [0, 0.05) is 37.7 Å². The molecule has 2 aromatic carbocycles. The lowest BCUT2D eigenvalue weighted by Crippen LogP contribution is -2.33. The summed E-state index contributed by atoms with van der Waals surface area (Å²) in [6.07, 6.45) is 5.75. The van der Waals surface area contributed by atoms with Crippen LogP contribution >= 0.6 is 11.6 Å². The number of nitrogens with zero attached hydrogens (tertiary/aromatic N) is 4. The third-order valence-electron chi connectivity index (χ3n) is 6.90. The Morgan fingerprint density at radius 1 is 0.935 bits per heavy atom. The second-order valence-corrected chi connectivity index (χ2v) is 9.10. The van der Waals surface area contributed by atoms with E-state index in [9.17, 15) is 9.59 Å². The van der Waals surface area contributed by atoms with Crippen molar-refractivity contribution in [3.63, 3.8) is 0 Å². The van der Waals surface area contributed by atoms with Gasteiger partial charge in [-0.25, -0.2) is 0 Å². The molecule has 0 bridgehead atoms. The van der Waals surface area contributed by atoms with E-state index in [4.69, 9.17) is 11.6 Å². The molecule has 0 amide bonds. The Hall–Kier alpha value is -2.86. The molecule has 1 saturated carbocycles. The highest BCUT2D eigenvalue weighted by atomic mass is 35.5. The number of halogens is 1. The molecule has 1 saturated heterocycles. The highest BCUT2D eigenvalue weighted by molar-refractivity contribution is 6.35. The van der Waals surface area contributed by atoms with Crippen molar-refractivity contribution in [1.29, 1.82) is 0 Å². The Balaban J connectivity index is 1.67. The molecule has 4 aromatic rings. The van der Waals surface area contributed by atoms with Crippen molar-refractivity contribution in [2.75, 3.05) is 18.0 Å². The van der Waals surface area contributed by atoms with Gasteiger partial charge in [-0.15, -0.1) is 0 Å². The highest BCUT2D eigenvalue weighted by Crippen LogP contribution is 2.37. The number of hydrogen-bond donors (Lipinski definition) is 0. The summed E-state index contributed by atoms with van der Waals surface area (Å²) in [5.74, 6) is 1.02. The minimum absolute atomic E-state index is 0.280. The molecule has 1 aliphatic heterocycles. The van der Waals surface area contributed by atoms with Crippen molar-refractivity contribution in [2.24, 2.45) is 0 Å². The summed E-state index contributed by atoms with van der Waals surface area (Å²) in [6.45, 7) is 1.51.